The van der Waals surface area contributed by atoms with Gasteiger partial charge in [0.2, 0.25) is 0 Å². The number of ether oxygens (including phenoxy) is 1. The second-order valence-electron chi connectivity index (χ2n) is 7.87. The van der Waals surface area contributed by atoms with Crippen LogP contribution in [0.2, 0.25) is 0 Å². The first kappa shape index (κ1) is 24.5. The van der Waals surface area contributed by atoms with E-state index in [1.54, 1.807) is 0 Å². The highest BCUT2D eigenvalue weighted by molar-refractivity contribution is 6.61. The van der Waals surface area contributed by atoms with Crippen molar-refractivity contribution in [2.75, 3.05) is 26.4 Å². The Morgan fingerprint density at radius 3 is 2.13 bits per heavy atom. The van der Waals surface area contributed by atoms with E-state index in [0.29, 0.717) is 29.9 Å². The van der Waals surface area contributed by atoms with Gasteiger partial charge in [0, 0.05) is 37.3 Å². The molecule has 2 aliphatic heterocycles. The van der Waals surface area contributed by atoms with Gasteiger partial charge < -0.3 is 14.0 Å². The molecule has 2 aliphatic rings. The van der Waals surface area contributed by atoms with E-state index in [1.165, 1.54) is 55.3 Å². The van der Waals surface area contributed by atoms with Gasteiger partial charge in [-0.3, -0.25) is 0 Å². The highest BCUT2D eigenvalue weighted by Crippen LogP contribution is 2.22. The van der Waals surface area contributed by atoms with Crippen molar-refractivity contribution in [3.05, 3.63) is 71.1 Å². The van der Waals surface area contributed by atoms with Gasteiger partial charge in [-0.2, -0.15) is 5.26 Å². The summed E-state index contributed by atoms with van der Waals surface area (Å²) in [5, 5.41) is 8.26. The van der Waals surface area contributed by atoms with Crippen LogP contribution in [-0.4, -0.2) is 33.5 Å². The summed E-state index contributed by atoms with van der Waals surface area (Å²) in [6, 6.07) is 11.5. The van der Waals surface area contributed by atoms with E-state index in [0.717, 1.165) is 13.2 Å². The van der Waals surface area contributed by atoms with Crippen molar-refractivity contribution in [3.63, 3.8) is 0 Å². The minimum atomic E-state index is -0.704. The van der Waals surface area contributed by atoms with Gasteiger partial charge in [-0.15, -0.1) is 0 Å². The molecule has 2 fully saturated rings. The fraction of sp³-hybridized carbons (Fsp3) is 0.391. The van der Waals surface area contributed by atoms with Gasteiger partial charge in [0.25, 0.3) is 0 Å². The zero-order chi connectivity index (χ0) is 22.7. The van der Waals surface area contributed by atoms with Crippen molar-refractivity contribution < 1.29 is 22.8 Å². The minimum absolute atomic E-state index is 0.0512. The van der Waals surface area contributed by atoms with Gasteiger partial charge in [-0.05, 0) is 43.2 Å². The average molecular weight is 426 g/mol. The SMILES string of the molecule is C1CCOC1.N#Cc1ccc(F)cc1.[C-]#[N+]c1ccc(F)c(B2OCC(C)(C)CO2)c1. The van der Waals surface area contributed by atoms with Crippen molar-refractivity contribution >= 4 is 18.3 Å². The lowest BCUT2D eigenvalue weighted by atomic mass is 9.75. The molecule has 5 nitrogen and oxygen atoms in total. The molecule has 0 atom stereocenters. The van der Waals surface area contributed by atoms with Crippen LogP contribution in [0.5, 0.6) is 0 Å². The first-order valence-electron chi connectivity index (χ1n) is 9.98. The molecule has 4 rings (SSSR count). The van der Waals surface area contributed by atoms with Crippen molar-refractivity contribution in [1.82, 2.24) is 0 Å². The maximum Gasteiger partial charge on any atom is 0.495 e. The van der Waals surface area contributed by atoms with E-state index in [9.17, 15) is 8.78 Å². The molecule has 0 bridgehead atoms. The Hall–Kier alpha value is -2.78. The van der Waals surface area contributed by atoms with Crippen molar-refractivity contribution in [2.24, 2.45) is 5.41 Å². The standard InChI is InChI=1S/C12H13BFNO2.C7H4FN.C4H8O/c1-12(2)7-16-13(17-8-12)10-6-9(15-3)4-5-11(10)14;8-7-3-1-6(5-9)2-4-7;1-2-4-5-3-1/h4-6H,7-8H2,1-2H3;1-4H;1-4H2. The molecule has 2 saturated heterocycles. The Kier molecular flexibility index (Phi) is 9.62. The highest BCUT2D eigenvalue weighted by atomic mass is 19.1. The number of hydrogen-bond donors (Lipinski definition) is 0. The molecule has 162 valence electrons. The Labute approximate surface area is 182 Å². The molecule has 0 radical (unpaired) electrons. The molecule has 0 aliphatic carbocycles. The van der Waals surface area contributed by atoms with Crippen LogP contribution >= 0.6 is 0 Å². The van der Waals surface area contributed by atoms with Gasteiger partial charge in [0.05, 0.1) is 18.2 Å². The van der Waals surface area contributed by atoms with E-state index in [-0.39, 0.29) is 11.2 Å². The molecule has 2 aromatic rings. The van der Waals surface area contributed by atoms with E-state index < -0.39 is 12.9 Å². The summed E-state index contributed by atoms with van der Waals surface area (Å²) in [7, 11) is -0.704. The highest BCUT2D eigenvalue weighted by Gasteiger charge is 2.35. The second-order valence-corrected chi connectivity index (χ2v) is 7.87. The first-order valence-corrected chi connectivity index (χ1v) is 9.98. The molecule has 0 N–H and O–H groups in total. The molecule has 0 aromatic heterocycles. The van der Waals surface area contributed by atoms with Crippen LogP contribution < -0.4 is 5.46 Å². The largest absolute Gasteiger partial charge is 0.495 e. The zero-order valence-electron chi connectivity index (χ0n) is 17.7. The second kappa shape index (κ2) is 12.2. The topological polar surface area (TPSA) is 55.8 Å². The monoisotopic (exact) mass is 426 g/mol. The van der Waals surface area contributed by atoms with Gasteiger partial charge in [-0.1, -0.05) is 26.0 Å². The zero-order valence-corrected chi connectivity index (χ0v) is 17.7. The third kappa shape index (κ3) is 8.47. The molecular weight excluding hydrogens is 401 g/mol. The van der Waals surface area contributed by atoms with Crippen LogP contribution in [0, 0.1) is 35.0 Å². The summed E-state index contributed by atoms with van der Waals surface area (Å²) >= 11 is 0. The predicted octanol–water partition coefficient (Wildman–Crippen LogP) is 4.64. The first-order chi connectivity index (χ1) is 14.8. The van der Waals surface area contributed by atoms with E-state index >= 15 is 0 Å². The summed E-state index contributed by atoms with van der Waals surface area (Å²) in [4.78, 5) is 3.27. The molecular formula is C23H25BF2N2O3. The molecule has 0 saturated carbocycles. The van der Waals surface area contributed by atoms with E-state index in [1.807, 2.05) is 19.9 Å². The third-order valence-corrected chi connectivity index (χ3v) is 4.41. The molecule has 0 amide bonds. The Morgan fingerprint density at radius 1 is 1.03 bits per heavy atom. The number of nitriles is 1. The van der Waals surface area contributed by atoms with Gasteiger partial charge in [0.15, 0.2) is 5.69 Å². The number of halogens is 2. The van der Waals surface area contributed by atoms with Crippen LogP contribution in [0.15, 0.2) is 42.5 Å². The predicted molar refractivity (Wildman–Crippen MR) is 115 cm³/mol. The maximum absolute atomic E-state index is 13.6. The normalized spacial score (nSPS) is 16.6. The Morgan fingerprint density at radius 2 is 1.65 bits per heavy atom. The van der Waals surface area contributed by atoms with Crippen LogP contribution in [0.3, 0.4) is 0 Å². The van der Waals surface area contributed by atoms with Crippen molar-refractivity contribution in [2.45, 2.75) is 26.7 Å². The van der Waals surface area contributed by atoms with Crippen molar-refractivity contribution in [1.29, 1.82) is 5.26 Å². The molecule has 2 heterocycles. The lowest BCUT2D eigenvalue weighted by molar-refractivity contribution is 0.0340. The summed E-state index contributed by atoms with van der Waals surface area (Å²) < 4.78 is 41.7. The number of benzene rings is 2. The third-order valence-electron chi connectivity index (χ3n) is 4.41. The molecule has 31 heavy (non-hydrogen) atoms. The van der Waals surface area contributed by atoms with Crippen LogP contribution in [0.25, 0.3) is 4.85 Å². The Bertz CT molecular complexity index is 902. The maximum atomic E-state index is 13.6. The molecule has 2 aromatic carbocycles. The fourth-order valence-corrected chi connectivity index (χ4v) is 2.69. The van der Waals surface area contributed by atoms with E-state index in [2.05, 4.69) is 4.85 Å². The summed E-state index contributed by atoms with van der Waals surface area (Å²) in [5.41, 5.74) is 1.12. The molecule has 0 unspecified atom stereocenters. The van der Waals surface area contributed by atoms with Crippen molar-refractivity contribution in [3.8, 4) is 6.07 Å². The number of rotatable bonds is 1. The van der Waals surface area contributed by atoms with E-state index in [4.69, 9.17) is 25.9 Å². The van der Waals surface area contributed by atoms with Gasteiger partial charge in [-0.25, -0.2) is 13.6 Å². The quantitative estimate of drug-likeness (QED) is 0.493. The lowest BCUT2D eigenvalue weighted by Crippen LogP contribution is -2.48. The van der Waals surface area contributed by atoms with Crippen LogP contribution in [-0.2, 0) is 14.0 Å². The smallest absolute Gasteiger partial charge is 0.407 e. The Balaban J connectivity index is 0.000000201. The van der Waals surface area contributed by atoms with Crippen LogP contribution in [0.1, 0.15) is 32.3 Å². The molecule has 8 heteroatoms. The fourth-order valence-electron chi connectivity index (χ4n) is 2.69. The van der Waals surface area contributed by atoms with Crippen LogP contribution in [0.4, 0.5) is 14.5 Å². The summed E-state index contributed by atoms with van der Waals surface area (Å²) in [6.45, 7) is 14.0. The summed E-state index contributed by atoms with van der Waals surface area (Å²) in [5.74, 6) is -0.712. The lowest BCUT2D eigenvalue weighted by Gasteiger charge is -2.33. The van der Waals surface area contributed by atoms with Gasteiger partial charge in [0.1, 0.15) is 11.6 Å². The molecule has 0 spiro atoms. The number of nitrogens with zero attached hydrogens (tertiary/aromatic N) is 2. The average Bonchev–Trinajstić information content (AvgIpc) is 3.36. The minimum Gasteiger partial charge on any atom is -0.407 e. The number of hydrogen-bond acceptors (Lipinski definition) is 4. The van der Waals surface area contributed by atoms with Gasteiger partial charge >= 0.3 is 7.12 Å². The summed E-state index contributed by atoms with van der Waals surface area (Å²) in [6.07, 6.45) is 2.56.